The molecule has 0 aliphatic rings. The number of H-pyrrole nitrogens is 1. The van der Waals surface area contributed by atoms with Crippen LogP contribution in [0.5, 0.6) is 0 Å². The monoisotopic (exact) mass is 267 g/mol. The van der Waals surface area contributed by atoms with E-state index in [1.165, 1.54) is 16.8 Å². The van der Waals surface area contributed by atoms with E-state index in [1.54, 1.807) is 14.1 Å². The predicted molar refractivity (Wildman–Crippen MR) is 69.0 cm³/mol. The fourth-order valence-electron chi connectivity index (χ4n) is 1.99. The number of benzene rings is 1. The van der Waals surface area contributed by atoms with E-state index >= 15 is 0 Å². The van der Waals surface area contributed by atoms with Gasteiger partial charge in [0.05, 0.1) is 5.69 Å². The summed E-state index contributed by atoms with van der Waals surface area (Å²) in [6.45, 7) is 0.600. The first-order valence-electron chi connectivity index (χ1n) is 5.92. The van der Waals surface area contributed by atoms with E-state index in [1.807, 2.05) is 0 Å². The Morgan fingerprint density at radius 3 is 2.74 bits per heavy atom. The van der Waals surface area contributed by atoms with Crippen molar-refractivity contribution in [2.75, 3.05) is 13.6 Å². The molecule has 0 radical (unpaired) electrons. The maximum absolute atomic E-state index is 13.8. The summed E-state index contributed by atoms with van der Waals surface area (Å²) in [6, 6.07) is 3.31. The Hall–Kier alpha value is -1.95. The van der Waals surface area contributed by atoms with Crippen molar-refractivity contribution in [1.29, 1.82) is 0 Å². The highest BCUT2D eigenvalue weighted by molar-refractivity contribution is 5.63. The van der Waals surface area contributed by atoms with Crippen molar-refractivity contribution in [3.05, 3.63) is 45.8 Å². The second kappa shape index (κ2) is 5.36. The van der Waals surface area contributed by atoms with Crippen LogP contribution in [0, 0.1) is 11.6 Å². The number of aromatic amines is 1. The average molecular weight is 267 g/mol. The highest BCUT2D eigenvalue weighted by Crippen LogP contribution is 2.23. The lowest BCUT2D eigenvalue weighted by Gasteiger charge is -2.04. The maximum atomic E-state index is 13.8. The van der Waals surface area contributed by atoms with E-state index in [0.29, 0.717) is 24.2 Å². The van der Waals surface area contributed by atoms with Gasteiger partial charge in [-0.1, -0.05) is 0 Å². The Labute approximate surface area is 109 Å². The maximum Gasteiger partial charge on any atom is 0.270 e. The highest BCUT2D eigenvalue weighted by Gasteiger charge is 2.17. The third-order valence-electron chi connectivity index (χ3n) is 2.97. The summed E-state index contributed by atoms with van der Waals surface area (Å²) in [4.78, 5) is 12.0. The van der Waals surface area contributed by atoms with Crippen LogP contribution in [0.3, 0.4) is 0 Å². The smallest absolute Gasteiger partial charge is 0.270 e. The molecular weight excluding hydrogens is 252 g/mol. The second-order valence-corrected chi connectivity index (χ2v) is 4.31. The van der Waals surface area contributed by atoms with Crippen LogP contribution in [-0.2, 0) is 13.5 Å². The fraction of sp³-hybridized carbons (Fsp3) is 0.308. The van der Waals surface area contributed by atoms with Gasteiger partial charge in [-0.25, -0.2) is 8.78 Å². The van der Waals surface area contributed by atoms with Gasteiger partial charge in [0.2, 0.25) is 0 Å². The molecule has 1 heterocycles. The number of rotatable bonds is 4. The van der Waals surface area contributed by atoms with Gasteiger partial charge in [-0.05, 0) is 32.1 Å². The molecule has 0 aliphatic carbocycles. The molecule has 4 nitrogen and oxygen atoms in total. The molecule has 0 saturated carbocycles. The van der Waals surface area contributed by atoms with Crippen molar-refractivity contribution in [3.63, 3.8) is 0 Å². The van der Waals surface area contributed by atoms with Crippen molar-refractivity contribution < 1.29 is 8.78 Å². The molecule has 0 amide bonds. The standard InChI is InChI=1S/C13H15F2N3O/c1-16-6-5-10-12(17-18(2)13(10)19)9-4-3-8(14)7-11(9)15/h3-4,7,16-17H,5-6H2,1-2H3. The van der Waals surface area contributed by atoms with Crippen LogP contribution in [0.1, 0.15) is 5.56 Å². The number of nitrogens with one attached hydrogen (secondary N) is 2. The lowest BCUT2D eigenvalue weighted by atomic mass is 10.1. The number of nitrogens with zero attached hydrogens (tertiary/aromatic N) is 1. The molecule has 0 fully saturated rings. The Bertz CT molecular complexity index is 646. The van der Waals surface area contributed by atoms with Gasteiger partial charge < -0.3 is 5.32 Å². The average Bonchev–Trinajstić information content (AvgIpc) is 2.63. The molecule has 0 atom stereocenters. The van der Waals surface area contributed by atoms with Crippen molar-refractivity contribution in [2.24, 2.45) is 7.05 Å². The van der Waals surface area contributed by atoms with E-state index in [2.05, 4.69) is 10.4 Å². The van der Waals surface area contributed by atoms with Gasteiger partial charge >= 0.3 is 0 Å². The van der Waals surface area contributed by atoms with Gasteiger partial charge in [-0.3, -0.25) is 14.6 Å². The molecule has 0 unspecified atom stereocenters. The van der Waals surface area contributed by atoms with E-state index in [-0.39, 0.29) is 11.1 Å². The summed E-state index contributed by atoms with van der Waals surface area (Å²) in [7, 11) is 3.34. The molecule has 1 aromatic carbocycles. The summed E-state index contributed by atoms with van der Waals surface area (Å²) in [5, 5.41) is 5.75. The van der Waals surface area contributed by atoms with Crippen LogP contribution < -0.4 is 10.9 Å². The molecule has 102 valence electrons. The van der Waals surface area contributed by atoms with E-state index in [4.69, 9.17) is 0 Å². The van der Waals surface area contributed by atoms with Crippen molar-refractivity contribution in [2.45, 2.75) is 6.42 Å². The van der Waals surface area contributed by atoms with Crippen LogP contribution >= 0.6 is 0 Å². The van der Waals surface area contributed by atoms with Crippen LogP contribution in [0.15, 0.2) is 23.0 Å². The van der Waals surface area contributed by atoms with Gasteiger partial charge in [-0.15, -0.1) is 0 Å². The second-order valence-electron chi connectivity index (χ2n) is 4.31. The summed E-state index contributed by atoms with van der Waals surface area (Å²) in [6.07, 6.45) is 0.471. The van der Waals surface area contributed by atoms with Gasteiger partial charge in [0.25, 0.3) is 5.56 Å². The van der Waals surface area contributed by atoms with Crippen LogP contribution in [0.2, 0.25) is 0 Å². The molecule has 0 spiro atoms. The number of aryl methyl sites for hydroxylation is 1. The minimum atomic E-state index is -0.687. The van der Waals surface area contributed by atoms with E-state index < -0.39 is 11.6 Å². The molecule has 0 saturated heterocycles. The first kappa shape index (κ1) is 13.5. The Morgan fingerprint density at radius 2 is 2.11 bits per heavy atom. The SMILES string of the molecule is CNCCc1c(-c2ccc(F)cc2F)[nH]n(C)c1=O. The first-order valence-corrected chi connectivity index (χ1v) is 5.92. The summed E-state index contributed by atoms with van der Waals surface area (Å²) >= 11 is 0. The number of hydrogen-bond acceptors (Lipinski definition) is 2. The summed E-state index contributed by atoms with van der Waals surface area (Å²) < 4.78 is 28.0. The van der Waals surface area contributed by atoms with Gasteiger partial charge in [0.15, 0.2) is 0 Å². The van der Waals surface area contributed by atoms with Crippen LogP contribution in [-0.4, -0.2) is 23.4 Å². The molecule has 2 rings (SSSR count). The Morgan fingerprint density at radius 1 is 1.37 bits per heavy atom. The quantitative estimate of drug-likeness (QED) is 0.880. The third kappa shape index (κ3) is 2.58. The normalized spacial score (nSPS) is 10.9. The van der Waals surface area contributed by atoms with E-state index in [9.17, 15) is 13.6 Å². The minimum Gasteiger partial charge on any atom is -0.319 e. The molecule has 19 heavy (non-hydrogen) atoms. The zero-order chi connectivity index (χ0) is 14.0. The van der Waals surface area contributed by atoms with Crippen molar-refractivity contribution >= 4 is 0 Å². The summed E-state index contributed by atoms with van der Waals surface area (Å²) in [5.74, 6) is -1.33. The predicted octanol–water partition coefficient (Wildman–Crippen LogP) is 1.42. The van der Waals surface area contributed by atoms with Gasteiger partial charge in [0.1, 0.15) is 11.6 Å². The zero-order valence-electron chi connectivity index (χ0n) is 10.8. The number of halogens is 2. The lowest BCUT2D eigenvalue weighted by Crippen LogP contribution is -2.19. The topological polar surface area (TPSA) is 49.8 Å². The molecular formula is C13H15F2N3O. The van der Waals surface area contributed by atoms with Gasteiger partial charge in [0, 0.05) is 24.2 Å². The largest absolute Gasteiger partial charge is 0.319 e. The van der Waals surface area contributed by atoms with Crippen molar-refractivity contribution in [3.8, 4) is 11.3 Å². The number of aromatic nitrogens is 2. The summed E-state index contributed by atoms with van der Waals surface area (Å²) in [5.41, 5.74) is 0.891. The van der Waals surface area contributed by atoms with Crippen LogP contribution in [0.25, 0.3) is 11.3 Å². The molecule has 0 aliphatic heterocycles. The van der Waals surface area contributed by atoms with Crippen molar-refractivity contribution in [1.82, 2.24) is 15.1 Å². The van der Waals surface area contributed by atoms with Gasteiger partial charge in [-0.2, -0.15) is 0 Å². The van der Waals surface area contributed by atoms with Crippen LogP contribution in [0.4, 0.5) is 8.78 Å². The Kier molecular flexibility index (Phi) is 3.80. The first-order chi connectivity index (χ1) is 9.04. The number of hydrogen-bond donors (Lipinski definition) is 2. The third-order valence-corrected chi connectivity index (χ3v) is 2.97. The minimum absolute atomic E-state index is 0.199. The fourth-order valence-corrected chi connectivity index (χ4v) is 1.99. The molecule has 6 heteroatoms. The molecule has 1 aromatic heterocycles. The number of likely N-dealkylation sites (N-methyl/N-ethyl adjacent to an activating group) is 1. The Balaban J connectivity index is 2.55. The highest BCUT2D eigenvalue weighted by atomic mass is 19.1. The van der Waals surface area contributed by atoms with E-state index in [0.717, 1.165) is 6.07 Å². The molecule has 2 N–H and O–H groups in total. The molecule has 2 aromatic rings. The lowest BCUT2D eigenvalue weighted by molar-refractivity contribution is 0.585. The molecule has 0 bridgehead atoms. The zero-order valence-corrected chi connectivity index (χ0v) is 10.8.